The van der Waals surface area contributed by atoms with Crippen LogP contribution in [0.3, 0.4) is 0 Å². The maximum atomic E-state index is 13.5. The molecule has 1 aliphatic heterocycles. The standard InChI is InChI=1S/C22H23Cl2F3N2O2/c1-3-16-11-18(20(28)12-7-14(23)10-15(24)8-12)17-9-13(22(25,26)27)5-6-19(17)29(16)21(30)31-4-2/h5-10,16,18,20H,3-4,11,28H2,1-2H3/t16-,18-,20+/m1/s1. The Morgan fingerprint density at radius 3 is 2.39 bits per heavy atom. The lowest BCUT2D eigenvalue weighted by molar-refractivity contribution is -0.137. The number of alkyl halides is 3. The summed E-state index contributed by atoms with van der Waals surface area (Å²) < 4.78 is 45.6. The molecule has 0 aliphatic carbocycles. The fourth-order valence-corrected chi connectivity index (χ4v) is 4.64. The third kappa shape index (κ3) is 4.94. The van der Waals surface area contributed by atoms with E-state index in [1.54, 1.807) is 25.1 Å². The first-order valence-corrected chi connectivity index (χ1v) is 10.7. The molecule has 31 heavy (non-hydrogen) atoms. The molecule has 2 aromatic rings. The Bertz CT molecular complexity index is 948. The molecule has 4 nitrogen and oxygen atoms in total. The van der Waals surface area contributed by atoms with Gasteiger partial charge in [0.05, 0.1) is 17.9 Å². The highest BCUT2D eigenvalue weighted by atomic mass is 35.5. The molecule has 1 heterocycles. The molecule has 168 valence electrons. The van der Waals surface area contributed by atoms with Crippen molar-refractivity contribution in [2.45, 2.75) is 50.9 Å². The number of halogens is 5. The average molecular weight is 475 g/mol. The molecule has 0 aromatic heterocycles. The fraction of sp³-hybridized carbons (Fsp3) is 0.409. The number of nitrogens with zero attached hydrogens (tertiary/aromatic N) is 1. The van der Waals surface area contributed by atoms with E-state index in [0.29, 0.717) is 39.7 Å². The van der Waals surface area contributed by atoms with Gasteiger partial charge in [-0.05, 0) is 67.3 Å². The molecule has 1 aliphatic rings. The van der Waals surface area contributed by atoms with Gasteiger partial charge in [0.2, 0.25) is 0 Å². The minimum absolute atomic E-state index is 0.158. The zero-order valence-electron chi connectivity index (χ0n) is 17.0. The first kappa shape index (κ1) is 23.7. The molecule has 2 N–H and O–H groups in total. The van der Waals surface area contributed by atoms with E-state index in [-0.39, 0.29) is 12.6 Å². The minimum Gasteiger partial charge on any atom is -0.449 e. The van der Waals surface area contributed by atoms with Gasteiger partial charge < -0.3 is 10.5 Å². The number of ether oxygens (including phenoxy) is 1. The second kappa shape index (κ2) is 9.27. The van der Waals surface area contributed by atoms with Crippen molar-refractivity contribution in [3.05, 3.63) is 63.1 Å². The number of amides is 1. The van der Waals surface area contributed by atoms with Gasteiger partial charge in [0.15, 0.2) is 0 Å². The van der Waals surface area contributed by atoms with E-state index in [1.807, 2.05) is 6.92 Å². The summed E-state index contributed by atoms with van der Waals surface area (Å²) in [6.07, 6.45) is -4.17. The van der Waals surface area contributed by atoms with E-state index in [0.717, 1.165) is 12.1 Å². The van der Waals surface area contributed by atoms with Crippen molar-refractivity contribution in [3.8, 4) is 0 Å². The minimum atomic E-state index is -4.53. The normalized spacial score (nSPS) is 19.7. The first-order valence-electron chi connectivity index (χ1n) is 9.95. The van der Waals surface area contributed by atoms with Gasteiger partial charge in [0.25, 0.3) is 0 Å². The van der Waals surface area contributed by atoms with E-state index in [4.69, 9.17) is 33.7 Å². The van der Waals surface area contributed by atoms with Crippen LogP contribution in [-0.2, 0) is 10.9 Å². The Labute approximate surface area is 189 Å². The second-order valence-electron chi connectivity index (χ2n) is 7.47. The third-order valence-corrected chi connectivity index (χ3v) is 5.98. The van der Waals surface area contributed by atoms with Crippen LogP contribution in [0.15, 0.2) is 36.4 Å². The number of hydrogen-bond donors (Lipinski definition) is 1. The molecule has 3 atom stereocenters. The topological polar surface area (TPSA) is 55.6 Å². The van der Waals surface area contributed by atoms with Crippen molar-refractivity contribution in [3.63, 3.8) is 0 Å². The van der Waals surface area contributed by atoms with Crippen molar-refractivity contribution in [2.24, 2.45) is 5.73 Å². The molecule has 0 saturated carbocycles. The lowest BCUT2D eigenvalue weighted by Gasteiger charge is -2.42. The van der Waals surface area contributed by atoms with E-state index in [2.05, 4.69) is 0 Å². The van der Waals surface area contributed by atoms with Gasteiger partial charge in [0.1, 0.15) is 0 Å². The molecule has 0 radical (unpaired) electrons. The molecular formula is C22H23Cl2F3N2O2. The lowest BCUT2D eigenvalue weighted by Crippen LogP contribution is -2.46. The molecular weight excluding hydrogens is 452 g/mol. The van der Waals surface area contributed by atoms with Crippen LogP contribution in [-0.4, -0.2) is 18.7 Å². The van der Waals surface area contributed by atoms with Gasteiger partial charge in [-0.25, -0.2) is 4.79 Å². The van der Waals surface area contributed by atoms with Crippen molar-refractivity contribution in [1.29, 1.82) is 0 Å². The Balaban J connectivity index is 2.15. The fourth-order valence-electron chi connectivity index (χ4n) is 4.10. The van der Waals surface area contributed by atoms with E-state index in [1.165, 1.54) is 11.0 Å². The SMILES string of the molecule is CCOC(=O)N1c2ccc(C(F)(F)F)cc2[C@H]([C@@H](N)c2cc(Cl)cc(Cl)c2)C[C@H]1CC. The highest BCUT2D eigenvalue weighted by molar-refractivity contribution is 6.34. The number of anilines is 1. The zero-order valence-corrected chi connectivity index (χ0v) is 18.6. The third-order valence-electron chi connectivity index (χ3n) is 5.54. The predicted octanol–water partition coefficient (Wildman–Crippen LogP) is 6.94. The zero-order chi connectivity index (χ0) is 22.9. The van der Waals surface area contributed by atoms with Crippen molar-refractivity contribution in [2.75, 3.05) is 11.5 Å². The molecule has 3 rings (SSSR count). The molecule has 0 unspecified atom stereocenters. The number of hydrogen-bond acceptors (Lipinski definition) is 3. The van der Waals surface area contributed by atoms with E-state index < -0.39 is 29.8 Å². The smallest absolute Gasteiger partial charge is 0.416 e. The van der Waals surface area contributed by atoms with Gasteiger partial charge in [-0.2, -0.15) is 13.2 Å². The Kier molecular flexibility index (Phi) is 7.08. The number of rotatable bonds is 4. The highest BCUT2D eigenvalue weighted by Gasteiger charge is 2.41. The predicted molar refractivity (Wildman–Crippen MR) is 116 cm³/mol. The van der Waals surface area contributed by atoms with Gasteiger partial charge >= 0.3 is 12.3 Å². The summed E-state index contributed by atoms with van der Waals surface area (Å²) >= 11 is 12.2. The van der Waals surface area contributed by atoms with Crippen LogP contribution in [0.1, 0.15) is 55.3 Å². The van der Waals surface area contributed by atoms with Crippen molar-refractivity contribution < 1.29 is 22.7 Å². The lowest BCUT2D eigenvalue weighted by atomic mass is 9.78. The maximum absolute atomic E-state index is 13.5. The second-order valence-corrected chi connectivity index (χ2v) is 8.35. The van der Waals surface area contributed by atoms with Crippen LogP contribution in [0.25, 0.3) is 0 Å². The van der Waals surface area contributed by atoms with Crippen LogP contribution in [0.5, 0.6) is 0 Å². The van der Waals surface area contributed by atoms with Crippen molar-refractivity contribution >= 4 is 35.0 Å². The van der Waals surface area contributed by atoms with Gasteiger partial charge in [-0.3, -0.25) is 4.90 Å². The molecule has 1 amide bonds. The van der Waals surface area contributed by atoms with Gasteiger partial charge in [-0.15, -0.1) is 0 Å². The summed E-state index contributed by atoms with van der Waals surface area (Å²) in [5, 5.41) is 0.774. The quantitative estimate of drug-likeness (QED) is 0.521. The number of carbonyl (C=O) groups is 1. The molecule has 9 heteroatoms. The first-order chi connectivity index (χ1) is 14.6. The summed E-state index contributed by atoms with van der Waals surface area (Å²) in [4.78, 5) is 14.1. The Hall–Kier alpha value is -1.96. The average Bonchev–Trinajstić information content (AvgIpc) is 2.70. The number of nitrogens with two attached hydrogens (primary N) is 1. The molecule has 0 fully saturated rings. The molecule has 0 saturated heterocycles. The summed E-state index contributed by atoms with van der Waals surface area (Å²) in [5.74, 6) is -0.484. The van der Waals surface area contributed by atoms with Crippen LogP contribution >= 0.6 is 23.2 Å². The summed E-state index contributed by atoms with van der Waals surface area (Å²) in [6.45, 7) is 3.74. The number of benzene rings is 2. The van der Waals surface area contributed by atoms with Crippen LogP contribution in [0.4, 0.5) is 23.7 Å². The monoisotopic (exact) mass is 474 g/mol. The highest BCUT2D eigenvalue weighted by Crippen LogP contribution is 2.47. The van der Waals surface area contributed by atoms with Crippen molar-refractivity contribution in [1.82, 2.24) is 0 Å². The Morgan fingerprint density at radius 2 is 1.84 bits per heavy atom. The van der Waals surface area contributed by atoms with Crippen LogP contribution in [0, 0.1) is 0 Å². The molecule has 2 aromatic carbocycles. The van der Waals surface area contributed by atoms with Crippen LogP contribution in [0.2, 0.25) is 10.0 Å². The summed E-state index contributed by atoms with van der Waals surface area (Å²) in [5.41, 5.74) is 7.08. The Morgan fingerprint density at radius 1 is 1.19 bits per heavy atom. The summed E-state index contributed by atoms with van der Waals surface area (Å²) in [6, 6.07) is 7.29. The van der Waals surface area contributed by atoms with E-state index >= 15 is 0 Å². The number of carbonyl (C=O) groups excluding carboxylic acids is 1. The van der Waals surface area contributed by atoms with E-state index in [9.17, 15) is 18.0 Å². The summed E-state index contributed by atoms with van der Waals surface area (Å²) in [7, 11) is 0. The molecule has 0 bridgehead atoms. The van der Waals surface area contributed by atoms with Gasteiger partial charge in [0, 0.05) is 28.0 Å². The van der Waals surface area contributed by atoms with Crippen LogP contribution < -0.4 is 10.6 Å². The molecule has 0 spiro atoms. The maximum Gasteiger partial charge on any atom is 0.416 e. The number of fused-ring (bicyclic) bond motifs is 1. The largest absolute Gasteiger partial charge is 0.449 e. The van der Waals surface area contributed by atoms with Gasteiger partial charge in [-0.1, -0.05) is 30.1 Å².